The van der Waals surface area contributed by atoms with Gasteiger partial charge in [-0.3, -0.25) is 0 Å². The van der Waals surface area contributed by atoms with Crippen molar-refractivity contribution < 1.29 is 9.84 Å². The van der Waals surface area contributed by atoms with Crippen LogP contribution >= 0.6 is 0 Å². The number of hydrogen-bond donors (Lipinski definition) is 1. The number of aliphatic hydroxyl groups excluding tert-OH is 1. The summed E-state index contributed by atoms with van der Waals surface area (Å²) in [5.74, 6) is 1.47. The number of aromatic nitrogens is 2. The Hall–Kier alpha value is -1.20. The number of anilines is 1. The van der Waals surface area contributed by atoms with Crippen molar-refractivity contribution >= 4 is 5.82 Å². The van der Waals surface area contributed by atoms with Crippen LogP contribution in [0.3, 0.4) is 0 Å². The van der Waals surface area contributed by atoms with E-state index in [0.717, 1.165) is 11.5 Å². The van der Waals surface area contributed by atoms with Gasteiger partial charge in [0.2, 0.25) is 0 Å². The second kappa shape index (κ2) is 5.63. The van der Waals surface area contributed by atoms with Gasteiger partial charge >= 0.3 is 0 Å². The van der Waals surface area contributed by atoms with E-state index >= 15 is 0 Å². The van der Waals surface area contributed by atoms with E-state index in [-0.39, 0.29) is 6.61 Å². The second-order valence-corrected chi connectivity index (χ2v) is 3.36. The van der Waals surface area contributed by atoms with Crippen molar-refractivity contribution in [2.45, 2.75) is 13.5 Å². The molecule has 1 heterocycles. The molecule has 0 aliphatic carbocycles. The number of rotatable bonds is 5. The lowest BCUT2D eigenvalue weighted by molar-refractivity contribution is 0.177. The third-order valence-electron chi connectivity index (χ3n) is 1.99. The summed E-state index contributed by atoms with van der Waals surface area (Å²) in [7, 11) is 3.50. The minimum atomic E-state index is 0.110. The number of likely N-dealkylation sites (N-methyl/N-ethyl adjacent to an activating group) is 1. The number of aliphatic hydroxyl groups is 1. The van der Waals surface area contributed by atoms with E-state index in [1.165, 1.54) is 0 Å². The van der Waals surface area contributed by atoms with Gasteiger partial charge in [-0.15, -0.1) is 0 Å². The molecular formula is C10H17N3O2. The van der Waals surface area contributed by atoms with Crippen LogP contribution in [0, 0.1) is 6.92 Å². The van der Waals surface area contributed by atoms with Crippen LogP contribution in [0.4, 0.5) is 5.82 Å². The Labute approximate surface area is 89.7 Å². The lowest BCUT2D eigenvalue weighted by Crippen LogP contribution is -2.23. The van der Waals surface area contributed by atoms with Gasteiger partial charge in [-0.05, 0) is 6.92 Å². The highest BCUT2D eigenvalue weighted by Gasteiger charge is 2.05. The van der Waals surface area contributed by atoms with Crippen LogP contribution in [-0.4, -0.2) is 42.4 Å². The van der Waals surface area contributed by atoms with Gasteiger partial charge in [-0.25, -0.2) is 9.97 Å². The van der Waals surface area contributed by atoms with Gasteiger partial charge in [0.05, 0.1) is 6.61 Å². The molecule has 0 spiro atoms. The first-order valence-corrected chi connectivity index (χ1v) is 4.83. The van der Waals surface area contributed by atoms with Crippen molar-refractivity contribution in [1.29, 1.82) is 0 Å². The molecule has 0 aliphatic rings. The normalized spacial score (nSPS) is 10.4. The molecule has 15 heavy (non-hydrogen) atoms. The summed E-state index contributed by atoms with van der Waals surface area (Å²) in [6, 6.07) is 1.88. The molecule has 0 saturated heterocycles. The monoisotopic (exact) mass is 211 g/mol. The number of hydrogen-bond acceptors (Lipinski definition) is 5. The molecular weight excluding hydrogens is 194 g/mol. The number of ether oxygens (including phenoxy) is 1. The molecule has 1 rings (SSSR count). The Morgan fingerprint density at radius 3 is 2.80 bits per heavy atom. The predicted molar refractivity (Wildman–Crippen MR) is 57.8 cm³/mol. The fourth-order valence-corrected chi connectivity index (χ4v) is 1.27. The molecule has 0 amide bonds. The Morgan fingerprint density at radius 1 is 1.47 bits per heavy atom. The average molecular weight is 211 g/mol. The van der Waals surface area contributed by atoms with Gasteiger partial charge in [0, 0.05) is 32.5 Å². The fourth-order valence-electron chi connectivity index (χ4n) is 1.27. The molecule has 0 aliphatic heterocycles. The smallest absolute Gasteiger partial charge is 0.156 e. The lowest BCUT2D eigenvalue weighted by Gasteiger charge is -2.17. The SMILES string of the molecule is COCc1nc(C)cc(N(C)CCO)n1. The summed E-state index contributed by atoms with van der Waals surface area (Å²) in [6.45, 7) is 2.99. The van der Waals surface area contributed by atoms with Crippen molar-refractivity contribution in [2.75, 3.05) is 32.2 Å². The number of methoxy groups -OCH3 is 1. The van der Waals surface area contributed by atoms with Crippen LogP contribution in [0.15, 0.2) is 6.07 Å². The van der Waals surface area contributed by atoms with E-state index in [9.17, 15) is 0 Å². The minimum Gasteiger partial charge on any atom is -0.395 e. The third kappa shape index (κ3) is 3.45. The molecule has 0 fully saturated rings. The highest BCUT2D eigenvalue weighted by Crippen LogP contribution is 2.10. The van der Waals surface area contributed by atoms with Gasteiger partial charge in [-0.2, -0.15) is 0 Å². The summed E-state index contributed by atoms with van der Waals surface area (Å²) in [5, 5.41) is 8.83. The maximum Gasteiger partial charge on any atom is 0.156 e. The van der Waals surface area contributed by atoms with E-state index < -0.39 is 0 Å². The summed E-state index contributed by atoms with van der Waals surface area (Å²) < 4.78 is 4.98. The maximum atomic E-state index is 8.83. The zero-order valence-electron chi connectivity index (χ0n) is 9.40. The lowest BCUT2D eigenvalue weighted by atomic mass is 10.4. The molecule has 5 heteroatoms. The summed E-state index contributed by atoms with van der Waals surface area (Å²) in [5.41, 5.74) is 0.900. The summed E-state index contributed by atoms with van der Waals surface area (Å²) in [6.07, 6.45) is 0. The molecule has 0 unspecified atom stereocenters. The van der Waals surface area contributed by atoms with Crippen LogP contribution in [-0.2, 0) is 11.3 Å². The third-order valence-corrected chi connectivity index (χ3v) is 1.99. The number of nitrogens with zero attached hydrogens (tertiary/aromatic N) is 3. The zero-order chi connectivity index (χ0) is 11.3. The highest BCUT2D eigenvalue weighted by molar-refractivity contribution is 5.38. The Morgan fingerprint density at radius 2 is 2.20 bits per heavy atom. The molecule has 0 atom stereocenters. The van der Waals surface area contributed by atoms with Crippen molar-refractivity contribution in [1.82, 2.24) is 9.97 Å². The Bertz CT molecular complexity index is 318. The van der Waals surface area contributed by atoms with E-state index in [0.29, 0.717) is 19.0 Å². The van der Waals surface area contributed by atoms with Crippen molar-refractivity contribution in [3.8, 4) is 0 Å². The van der Waals surface area contributed by atoms with Gasteiger partial charge < -0.3 is 14.7 Å². The average Bonchev–Trinajstić information content (AvgIpc) is 2.17. The van der Waals surface area contributed by atoms with Crippen molar-refractivity contribution in [2.24, 2.45) is 0 Å². The highest BCUT2D eigenvalue weighted by atomic mass is 16.5. The molecule has 0 radical (unpaired) electrons. The van der Waals surface area contributed by atoms with Gasteiger partial charge in [0.15, 0.2) is 5.82 Å². The standard InChI is InChI=1S/C10H17N3O2/c1-8-6-10(13(2)4-5-14)12-9(11-8)7-15-3/h6,14H,4-5,7H2,1-3H3. The van der Waals surface area contributed by atoms with E-state index in [1.54, 1.807) is 7.11 Å². The topological polar surface area (TPSA) is 58.5 Å². The maximum absolute atomic E-state index is 8.83. The molecule has 1 aromatic rings. The van der Waals surface area contributed by atoms with Gasteiger partial charge in [0.1, 0.15) is 12.4 Å². The number of aryl methyl sites for hydroxylation is 1. The van der Waals surface area contributed by atoms with Crippen LogP contribution in [0.25, 0.3) is 0 Å². The van der Waals surface area contributed by atoms with Crippen molar-refractivity contribution in [3.63, 3.8) is 0 Å². The van der Waals surface area contributed by atoms with Crippen LogP contribution in [0.5, 0.6) is 0 Å². The predicted octanol–water partition coefficient (Wildman–Crippen LogP) is 0.360. The zero-order valence-corrected chi connectivity index (χ0v) is 9.40. The van der Waals surface area contributed by atoms with Crippen LogP contribution in [0.2, 0.25) is 0 Å². The first-order chi connectivity index (χ1) is 7.17. The summed E-state index contributed by atoms with van der Waals surface area (Å²) >= 11 is 0. The Kier molecular flexibility index (Phi) is 4.45. The molecule has 1 N–H and O–H groups in total. The Balaban J connectivity index is 2.87. The quantitative estimate of drug-likeness (QED) is 0.762. The molecule has 1 aromatic heterocycles. The molecule has 0 aromatic carbocycles. The first kappa shape index (κ1) is 11.9. The molecule has 5 nitrogen and oxygen atoms in total. The second-order valence-electron chi connectivity index (χ2n) is 3.36. The fraction of sp³-hybridized carbons (Fsp3) is 0.600. The minimum absolute atomic E-state index is 0.110. The van der Waals surface area contributed by atoms with E-state index in [4.69, 9.17) is 9.84 Å². The molecule has 84 valence electrons. The van der Waals surface area contributed by atoms with Gasteiger partial charge in [-0.1, -0.05) is 0 Å². The van der Waals surface area contributed by atoms with Crippen molar-refractivity contribution in [3.05, 3.63) is 17.6 Å². The summed E-state index contributed by atoms with van der Waals surface area (Å²) in [4.78, 5) is 10.4. The van der Waals surface area contributed by atoms with Crippen LogP contribution in [0.1, 0.15) is 11.5 Å². The van der Waals surface area contributed by atoms with Crippen LogP contribution < -0.4 is 4.90 Å². The van der Waals surface area contributed by atoms with E-state index in [2.05, 4.69) is 9.97 Å². The molecule has 0 saturated carbocycles. The van der Waals surface area contributed by atoms with E-state index in [1.807, 2.05) is 24.9 Å². The largest absolute Gasteiger partial charge is 0.395 e. The molecule has 0 bridgehead atoms. The first-order valence-electron chi connectivity index (χ1n) is 4.83. The van der Waals surface area contributed by atoms with Gasteiger partial charge in [0.25, 0.3) is 0 Å².